The van der Waals surface area contributed by atoms with Gasteiger partial charge in [-0.1, -0.05) is 17.3 Å². The van der Waals surface area contributed by atoms with Crippen molar-refractivity contribution < 1.29 is 31.9 Å². The number of ether oxygens (including phenoxy) is 1. The summed E-state index contributed by atoms with van der Waals surface area (Å²) in [6, 6.07) is 5.42. The van der Waals surface area contributed by atoms with Crippen molar-refractivity contribution in [2.45, 2.75) is 31.2 Å². The van der Waals surface area contributed by atoms with E-state index in [1.807, 2.05) is 0 Å². The van der Waals surface area contributed by atoms with Crippen LogP contribution in [-0.4, -0.2) is 68.6 Å². The van der Waals surface area contributed by atoms with E-state index in [2.05, 4.69) is 20.6 Å². The van der Waals surface area contributed by atoms with Crippen LogP contribution in [0.2, 0.25) is 0 Å². The molecule has 1 fully saturated rings. The predicted molar refractivity (Wildman–Crippen MR) is 106 cm³/mol. The van der Waals surface area contributed by atoms with Gasteiger partial charge in [0.1, 0.15) is 5.75 Å². The lowest BCUT2D eigenvalue weighted by Crippen LogP contribution is -2.46. The highest BCUT2D eigenvalue weighted by atomic mass is 19.4. The minimum atomic E-state index is -5.04. The van der Waals surface area contributed by atoms with Gasteiger partial charge in [0.15, 0.2) is 5.76 Å². The summed E-state index contributed by atoms with van der Waals surface area (Å²) in [6.45, 7) is -0.311. The van der Waals surface area contributed by atoms with Gasteiger partial charge >= 0.3 is 18.0 Å². The first-order chi connectivity index (χ1) is 15.8. The Labute approximate surface area is 185 Å². The maximum atomic E-state index is 13.1. The van der Waals surface area contributed by atoms with E-state index >= 15 is 0 Å². The van der Waals surface area contributed by atoms with Crippen LogP contribution in [0.25, 0.3) is 11.3 Å². The minimum Gasteiger partial charge on any atom is -0.496 e. The molecule has 0 spiro atoms. The number of rotatable bonds is 6. The quantitative estimate of drug-likeness (QED) is 0.593. The number of nitrogens with one attached hydrogen (secondary N) is 1. The van der Waals surface area contributed by atoms with E-state index in [1.54, 1.807) is 24.3 Å². The third-order valence-corrected chi connectivity index (χ3v) is 5.20. The highest BCUT2D eigenvalue weighted by Crippen LogP contribution is 2.30. The van der Waals surface area contributed by atoms with Crippen molar-refractivity contribution in [3.05, 3.63) is 48.7 Å². The largest absolute Gasteiger partial charge is 0.496 e. The number of methoxy groups -OCH3 is 1. The van der Waals surface area contributed by atoms with Crippen molar-refractivity contribution in [2.24, 2.45) is 0 Å². The molecular weight excluding hydrogens is 445 g/mol. The molecule has 33 heavy (non-hydrogen) atoms. The maximum absolute atomic E-state index is 13.1. The summed E-state index contributed by atoms with van der Waals surface area (Å²) in [5, 5.41) is 9.96. The first-order valence-corrected chi connectivity index (χ1v) is 9.88. The van der Waals surface area contributed by atoms with Crippen molar-refractivity contribution in [1.82, 2.24) is 30.2 Å². The van der Waals surface area contributed by atoms with Crippen molar-refractivity contribution in [3.63, 3.8) is 0 Å². The number of hydrogen-bond acceptors (Lipinski definition) is 7. The molecule has 1 aliphatic heterocycles. The molecule has 1 saturated heterocycles. The van der Waals surface area contributed by atoms with Crippen molar-refractivity contribution in [2.75, 3.05) is 13.7 Å². The van der Waals surface area contributed by atoms with Gasteiger partial charge in [0.25, 0.3) is 5.89 Å². The number of halogens is 3. The summed E-state index contributed by atoms with van der Waals surface area (Å²) in [4.78, 5) is 29.2. The van der Waals surface area contributed by atoms with Crippen LogP contribution >= 0.6 is 0 Å². The predicted octanol–water partition coefficient (Wildman–Crippen LogP) is 1.90. The molecule has 0 saturated carbocycles. The zero-order valence-electron chi connectivity index (χ0n) is 17.3. The van der Waals surface area contributed by atoms with Gasteiger partial charge in [-0.3, -0.25) is 14.3 Å². The number of alkyl halides is 3. The van der Waals surface area contributed by atoms with Gasteiger partial charge in [0, 0.05) is 18.8 Å². The van der Waals surface area contributed by atoms with Gasteiger partial charge < -0.3 is 19.4 Å². The monoisotopic (exact) mass is 464 g/mol. The summed E-state index contributed by atoms with van der Waals surface area (Å²) in [5.74, 6) is -2.12. The maximum Gasteiger partial charge on any atom is 0.471 e. The van der Waals surface area contributed by atoms with Gasteiger partial charge in [-0.25, -0.2) is 4.98 Å². The molecule has 13 heteroatoms. The Balaban J connectivity index is 1.47. The molecule has 0 aliphatic carbocycles. The van der Waals surface area contributed by atoms with Crippen LogP contribution in [0.3, 0.4) is 0 Å². The second-order valence-corrected chi connectivity index (χ2v) is 7.37. The molecular formula is C20H19F3N6O4. The number of nitrogens with zero attached hydrogens (tertiary/aromatic N) is 5. The highest BCUT2D eigenvalue weighted by molar-refractivity contribution is 5.90. The molecule has 1 aromatic carbocycles. The third-order valence-electron chi connectivity index (χ3n) is 5.20. The number of carbonyl (C=O) groups excluding carboxylic acids is 2. The zero-order valence-corrected chi connectivity index (χ0v) is 17.3. The van der Waals surface area contributed by atoms with Crippen LogP contribution in [0, 0.1) is 0 Å². The fourth-order valence-electron chi connectivity index (χ4n) is 3.75. The second-order valence-electron chi connectivity index (χ2n) is 7.37. The molecule has 174 valence electrons. The first kappa shape index (κ1) is 22.3. The number of para-hydroxylation sites is 1. The lowest BCUT2D eigenvalue weighted by atomic mass is 10.1. The van der Waals surface area contributed by atoms with Crippen LogP contribution in [0.5, 0.6) is 5.75 Å². The molecule has 1 aliphatic rings. The number of carbonyl (C=O) groups is 2. The van der Waals surface area contributed by atoms with E-state index in [9.17, 15) is 22.8 Å². The van der Waals surface area contributed by atoms with Crippen LogP contribution in [0.1, 0.15) is 17.1 Å². The van der Waals surface area contributed by atoms with Crippen molar-refractivity contribution in [1.29, 1.82) is 0 Å². The van der Waals surface area contributed by atoms with Gasteiger partial charge in [-0.2, -0.15) is 13.2 Å². The Morgan fingerprint density at radius 2 is 2.09 bits per heavy atom. The SMILES string of the molecule is COc1ccccc1-c1cnc(C(=O)N[C@@H]2C[C@@H](Cn3ccnn3)N(C(=O)C(F)(F)F)C2)o1. The Morgan fingerprint density at radius 3 is 2.79 bits per heavy atom. The van der Waals surface area contributed by atoms with E-state index in [0.717, 1.165) is 0 Å². The molecule has 2 atom stereocenters. The van der Waals surface area contributed by atoms with Crippen molar-refractivity contribution >= 4 is 11.8 Å². The Kier molecular flexibility index (Phi) is 6.03. The van der Waals surface area contributed by atoms with E-state index in [-0.39, 0.29) is 25.4 Å². The summed E-state index contributed by atoms with van der Waals surface area (Å²) in [5.41, 5.74) is 0.585. The van der Waals surface area contributed by atoms with Crippen LogP contribution in [0.15, 0.2) is 47.3 Å². The minimum absolute atomic E-state index is 0.00510. The number of oxazole rings is 1. The number of benzene rings is 1. The van der Waals surface area contributed by atoms with Crippen LogP contribution < -0.4 is 10.1 Å². The normalized spacial score (nSPS) is 18.4. The Hall–Kier alpha value is -3.90. The molecule has 0 radical (unpaired) electrons. The average molecular weight is 464 g/mol. The highest BCUT2D eigenvalue weighted by Gasteiger charge is 2.48. The molecule has 1 N–H and O–H groups in total. The average Bonchev–Trinajstić information content (AvgIpc) is 3.54. The van der Waals surface area contributed by atoms with Crippen LogP contribution in [0.4, 0.5) is 13.2 Å². The lowest BCUT2D eigenvalue weighted by Gasteiger charge is -2.25. The Bertz CT molecular complexity index is 1130. The molecule has 0 bridgehead atoms. The molecule has 4 rings (SSSR count). The molecule has 2 amide bonds. The lowest BCUT2D eigenvalue weighted by molar-refractivity contribution is -0.186. The third kappa shape index (κ3) is 4.81. The van der Waals surface area contributed by atoms with Gasteiger partial charge in [-0.05, 0) is 18.6 Å². The smallest absolute Gasteiger partial charge is 0.471 e. The van der Waals surface area contributed by atoms with Gasteiger partial charge in [0.2, 0.25) is 0 Å². The van der Waals surface area contributed by atoms with E-state index in [1.165, 1.54) is 30.4 Å². The Morgan fingerprint density at radius 1 is 1.30 bits per heavy atom. The van der Waals surface area contributed by atoms with E-state index in [4.69, 9.17) is 9.15 Å². The number of hydrogen-bond donors (Lipinski definition) is 1. The number of likely N-dealkylation sites (tertiary alicyclic amines) is 1. The van der Waals surface area contributed by atoms with E-state index < -0.39 is 30.1 Å². The fourth-order valence-corrected chi connectivity index (χ4v) is 3.75. The second kappa shape index (κ2) is 8.92. The standard InChI is InChI=1S/C20H19F3N6O4/c1-32-15-5-3-2-4-14(15)16-9-24-18(33-16)17(30)26-12-8-13(11-28-7-6-25-27-28)29(10-12)19(31)20(21,22)23/h2-7,9,12-13H,8,10-11H2,1H3,(H,26,30)/t12-,13+/m1/s1. The van der Waals surface area contributed by atoms with Gasteiger partial charge in [0.05, 0.1) is 37.7 Å². The van der Waals surface area contributed by atoms with Gasteiger partial charge in [-0.15, -0.1) is 5.10 Å². The molecule has 3 heterocycles. The molecule has 3 aromatic rings. The zero-order chi connectivity index (χ0) is 23.6. The molecule has 0 unspecified atom stereocenters. The van der Waals surface area contributed by atoms with Crippen molar-refractivity contribution in [3.8, 4) is 17.1 Å². The van der Waals surface area contributed by atoms with E-state index in [0.29, 0.717) is 22.0 Å². The summed E-state index contributed by atoms with van der Waals surface area (Å²) >= 11 is 0. The number of amides is 2. The summed E-state index contributed by atoms with van der Waals surface area (Å²) < 4.78 is 51.4. The number of aromatic nitrogens is 4. The molecule has 2 aromatic heterocycles. The topological polar surface area (TPSA) is 115 Å². The summed E-state index contributed by atoms with van der Waals surface area (Å²) in [6.07, 6.45) is -0.728. The summed E-state index contributed by atoms with van der Waals surface area (Å²) in [7, 11) is 1.49. The van der Waals surface area contributed by atoms with Crippen LogP contribution in [-0.2, 0) is 11.3 Å². The molecule has 10 nitrogen and oxygen atoms in total. The fraction of sp³-hybridized carbons (Fsp3) is 0.350. The first-order valence-electron chi connectivity index (χ1n) is 9.88.